The average molecular weight is 486 g/mol. The van der Waals surface area contributed by atoms with Crippen molar-refractivity contribution in [2.24, 2.45) is 0 Å². The van der Waals surface area contributed by atoms with Crippen LogP contribution in [-0.4, -0.2) is 54.1 Å². The van der Waals surface area contributed by atoms with Crippen LogP contribution >= 0.6 is 0 Å². The van der Waals surface area contributed by atoms with Gasteiger partial charge in [0.25, 0.3) is 0 Å². The molecule has 0 bridgehead atoms. The highest BCUT2D eigenvalue weighted by molar-refractivity contribution is 6.04. The second-order valence-electron chi connectivity index (χ2n) is 8.70. The van der Waals surface area contributed by atoms with E-state index in [4.69, 9.17) is 9.47 Å². The predicted octanol–water partition coefficient (Wildman–Crippen LogP) is 3.50. The van der Waals surface area contributed by atoms with Crippen LogP contribution in [0.2, 0.25) is 0 Å². The van der Waals surface area contributed by atoms with Gasteiger partial charge in [-0.2, -0.15) is 5.10 Å². The van der Waals surface area contributed by atoms with Crippen LogP contribution in [0.25, 0.3) is 0 Å². The Morgan fingerprint density at radius 2 is 1.91 bits per heavy atom. The second-order valence-corrected chi connectivity index (χ2v) is 8.70. The molecule has 1 aliphatic rings. The van der Waals surface area contributed by atoms with Gasteiger partial charge in [0.05, 0.1) is 43.0 Å². The highest BCUT2D eigenvalue weighted by atomic mass is 19.2. The summed E-state index contributed by atoms with van der Waals surface area (Å²) in [6.07, 6.45) is 4.70. The number of nitrogens with one attached hydrogen (secondary N) is 1. The van der Waals surface area contributed by atoms with Crippen molar-refractivity contribution in [3.63, 3.8) is 0 Å². The quantitative estimate of drug-likeness (QED) is 0.526. The summed E-state index contributed by atoms with van der Waals surface area (Å²) >= 11 is 0. The fraction of sp³-hybridized carbons (Fsp3) is 0.400. The molecule has 8 nitrogen and oxygen atoms in total. The molecule has 35 heavy (non-hydrogen) atoms. The number of likely N-dealkylation sites (N-methyl/N-ethyl adjacent to an activating group) is 1. The van der Waals surface area contributed by atoms with Gasteiger partial charge >= 0.3 is 0 Å². The number of pyridine rings is 1. The summed E-state index contributed by atoms with van der Waals surface area (Å²) in [6.45, 7) is 4.00. The minimum Gasteiger partial charge on any atom is -0.496 e. The van der Waals surface area contributed by atoms with E-state index >= 15 is 0 Å². The van der Waals surface area contributed by atoms with Gasteiger partial charge in [-0.3, -0.25) is 14.5 Å². The van der Waals surface area contributed by atoms with E-state index in [1.54, 1.807) is 18.0 Å². The number of amides is 1. The third kappa shape index (κ3) is 4.97. The van der Waals surface area contributed by atoms with Crippen molar-refractivity contribution in [1.29, 1.82) is 0 Å². The maximum atomic E-state index is 13.7. The second kappa shape index (κ2) is 9.99. The Labute approximate surface area is 202 Å². The summed E-state index contributed by atoms with van der Waals surface area (Å²) in [5, 5.41) is 7.32. The lowest BCUT2D eigenvalue weighted by Gasteiger charge is -2.38. The van der Waals surface area contributed by atoms with Crippen LogP contribution in [0.1, 0.15) is 29.4 Å². The molecule has 186 valence electrons. The van der Waals surface area contributed by atoms with Crippen molar-refractivity contribution < 1.29 is 23.0 Å². The molecule has 0 spiro atoms. The molecule has 1 N–H and O–H groups in total. The number of halogens is 2. The number of aryl methyl sites for hydroxylation is 3. The lowest BCUT2D eigenvalue weighted by atomic mass is 10.0. The summed E-state index contributed by atoms with van der Waals surface area (Å²) in [7, 11) is 4.89. The first kappa shape index (κ1) is 24.6. The maximum absolute atomic E-state index is 13.7. The van der Waals surface area contributed by atoms with Gasteiger partial charge in [-0.15, -0.1) is 0 Å². The van der Waals surface area contributed by atoms with Crippen LogP contribution in [-0.2, 0) is 28.9 Å². The minimum absolute atomic E-state index is 0.114. The number of rotatable bonds is 8. The smallest absolute Gasteiger partial charge is 0.249 e. The Bertz CT molecular complexity index is 1250. The van der Waals surface area contributed by atoms with Gasteiger partial charge in [0, 0.05) is 37.7 Å². The number of methoxy groups -OCH3 is 2. The number of carbonyl (C=O) groups is 1. The molecule has 1 aromatic carbocycles. The number of ether oxygens (including phenoxy) is 2. The normalized spacial score (nSPS) is 16.1. The average Bonchev–Trinajstić information content (AvgIpc) is 3.27. The van der Waals surface area contributed by atoms with Gasteiger partial charge in [-0.05, 0) is 44.4 Å². The highest BCUT2D eigenvalue weighted by Crippen LogP contribution is 2.35. The molecule has 0 saturated carbocycles. The van der Waals surface area contributed by atoms with Crippen molar-refractivity contribution in [3.8, 4) is 5.75 Å². The zero-order valence-corrected chi connectivity index (χ0v) is 20.4. The number of hydrogen-bond acceptors (Lipinski definition) is 6. The third-order valence-corrected chi connectivity index (χ3v) is 6.38. The van der Waals surface area contributed by atoms with Crippen LogP contribution in [0.3, 0.4) is 0 Å². The molecule has 1 aliphatic heterocycles. The molecule has 0 unspecified atom stereocenters. The van der Waals surface area contributed by atoms with E-state index in [0.717, 1.165) is 34.8 Å². The summed E-state index contributed by atoms with van der Waals surface area (Å²) in [5.41, 5.74) is 4.75. The van der Waals surface area contributed by atoms with Gasteiger partial charge in [-0.1, -0.05) is 0 Å². The van der Waals surface area contributed by atoms with Crippen LogP contribution in [0.5, 0.6) is 5.75 Å². The number of aromatic nitrogens is 3. The lowest BCUT2D eigenvalue weighted by Crippen LogP contribution is -2.52. The Kier molecular flexibility index (Phi) is 7.02. The minimum atomic E-state index is -0.951. The molecule has 0 radical (unpaired) electrons. The Hall–Kier alpha value is -3.53. The predicted molar refractivity (Wildman–Crippen MR) is 128 cm³/mol. The van der Waals surface area contributed by atoms with Crippen LogP contribution in [0.15, 0.2) is 30.6 Å². The fourth-order valence-corrected chi connectivity index (χ4v) is 4.41. The monoisotopic (exact) mass is 485 g/mol. The van der Waals surface area contributed by atoms with Gasteiger partial charge in [0.2, 0.25) is 5.91 Å². The highest BCUT2D eigenvalue weighted by Gasteiger charge is 2.36. The SMILES string of the molecule is COc1cc(F)c(F)cc1Cn1cc(CCc2cc3c(c(C)n2)NC(=O)[C@H]([C@@H](C)OC)N3C)cn1. The van der Waals surface area contributed by atoms with E-state index in [0.29, 0.717) is 24.1 Å². The van der Waals surface area contributed by atoms with E-state index in [9.17, 15) is 13.6 Å². The summed E-state index contributed by atoms with van der Waals surface area (Å²) in [4.78, 5) is 19.2. The van der Waals surface area contributed by atoms with Crippen molar-refractivity contribution in [2.75, 3.05) is 31.5 Å². The molecule has 0 fully saturated rings. The Morgan fingerprint density at radius 3 is 2.63 bits per heavy atom. The molecule has 4 rings (SSSR count). The van der Waals surface area contributed by atoms with Crippen molar-refractivity contribution in [1.82, 2.24) is 14.8 Å². The zero-order valence-electron chi connectivity index (χ0n) is 20.4. The van der Waals surface area contributed by atoms with Crippen molar-refractivity contribution in [2.45, 2.75) is 45.4 Å². The number of fused-ring (bicyclic) bond motifs is 1. The van der Waals surface area contributed by atoms with Gasteiger partial charge in [0.15, 0.2) is 11.6 Å². The first-order valence-corrected chi connectivity index (χ1v) is 11.3. The molecular formula is C25H29F2N5O3. The first-order chi connectivity index (χ1) is 16.7. The van der Waals surface area contributed by atoms with E-state index in [1.807, 2.05) is 38.1 Å². The van der Waals surface area contributed by atoms with Gasteiger partial charge in [0.1, 0.15) is 11.8 Å². The molecular weight excluding hydrogens is 456 g/mol. The number of anilines is 2. The molecule has 0 saturated heterocycles. The molecule has 0 aliphatic carbocycles. The first-order valence-electron chi connectivity index (χ1n) is 11.3. The Morgan fingerprint density at radius 1 is 1.17 bits per heavy atom. The standard InChI is InChI=1S/C25H29F2N5O3/c1-14-23-21(31(3)24(15(2)34-4)25(33)30-23)9-18(29-14)7-6-16-11-28-32(12-16)13-17-8-19(26)20(27)10-22(17)35-5/h8-12,15,24H,6-7,13H2,1-5H3,(H,30,33)/t15-,24+/m1/s1. The molecule has 3 aromatic rings. The third-order valence-electron chi connectivity index (χ3n) is 6.38. The van der Waals surface area contributed by atoms with Crippen LogP contribution in [0, 0.1) is 18.6 Å². The van der Waals surface area contributed by atoms with Crippen molar-refractivity contribution >= 4 is 17.3 Å². The zero-order chi connectivity index (χ0) is 25.3. The number of benzene rings is 1. The summed E-state index contributed by atoms with van der Waals surface area (Å²) in [5.74, 6) is -1.72. The van der Waals surface area contributed by atoms with Crippen LogP contribution in [0.4, 0.5) is 20.2 Å². The van der Waals surface area contributed by atoms with E-state index in [-0.39, 0.29) is 24.3 Å². The van der Waals surface area contributed by atoms with E-state index in [1.165, 1.54) is 7.11 Å². The van der Waals surface area contributed by atoms with Gasteiger partial charge in [-0.25, -0.2) is 8.78 Å². The number of nitrogens with zero attached hydrogens (tertiary/aromatic N) is 4. The van der Waals surface area contributed by atoms with E-state index in [2.05, 4.69) is 15.4 Å². The van der Waals surface area contributed by atoms with E-state index < -0.39 is 17.7 Å². The molecule has 2 aromatic heterocycles. The number of carbonyl (C=O) groups excluding carboxylic acids is 1. The molecule has 10 heteroatoms. The largest absolute Gasteiger partial charge is 0.496 e. The lowest BCUT2D eigenvalue weighted by molar-refractivity contribution is -0.120. The van der Waals surface area contributed by atoms with Crippen LogP contribution < -0.4 is 15.0 Å². The fourth-order valence-electron chi connectivity index (χ4n) is 4.41. The van der Waals surface area contributed by atoms with Crippen molar-refractivity contribution in [3.05, 3.63) is 64.7 Å². The maximum Gasteiger partial charge on any atom is 0.249 e. The topological polar surface area (TPSA) is 81.5 Å². The van der Waals surface area contributed by atoms with Gasteiger partial charge < -0.3 is 19.7 Å². The Balaban J connectivity index is 1.48. The molecule has 3 heterocycles. The molecule has 1 amide bonds. The summed E-state index contributed by atoms with van der Waals surface area (Å²) in [6, 6.07) is 3.72. The summed E-state index contributed by atoms with van der Waals surface area (Å²) < 4.78 is 39.4. The number of hydrogen-bond donors (Lipinski definition) is 1. The molecule has 2 atom stereocenters.